The molecule has 0 bridgehead atoms. The van der Waals surface area contributed by atoms with Crippen molar-refractivity contribution in [2.45, 2.75) is 38.1 Å². The molecule has 0 spiro atoms. The summed E-state index contributed by atoms with van der Waals surface area (Å²) in [5.74, 6) is -5.45. The first-order chi connectivity index (χ1) is 16.2. The maximum atomic E-state index is 13.6. The molecule has 35 heavy (non-hydrogen) atoms. The lowest BCUT2D eigenvalue weighted by atomic mass is 10.0. The SMILES string of the molecule is CC1(C)[C@@H]2[C@@H](C(=O)NN(C[C@@H]3CCNC3=O)C(=O)[C@H](F)Cl)N(C(=O)c3cc(C(F)(F)F)no3)C[C@@H]21. The predicted molar refractivity (Wildman–Crippen MR) is 109 cm³/mol. The van der Waals surface area contributed by atoms with Gasteiger partial charge in [-0.2, -0.15) is 13.2 Å². The highest BCUT2D eigenvalue weighted by molar-refractivity contribution is 6.29. The minimum Gasteiger partial charge on any atom is -0.356 e. The molecule has 4 rings (SSSR count). The second-order valence-electron chi connectivity index (χ2n) is 9.43. The normalized spacial score (nSPS) is 27.7. The molecule has 3 fully saturated rings. The Bertz CT molecular complexity index is 1060. The molecule has 1 saturated carbocycles. The van der Waals surface area contributed by atoms with Crippen LogP contribution in [0.5, 0.6) is 0 Å². The van der Waals surface area contributed by atoms with E-state index in [1.165, 1.54) is 0 Å². The number of aromatic nitrogens is 1. The van der Waals surface area contributed by atoms with Crippen molar-refractivity contribution in [3.05, 3.63) is 17.5 Å². The van der Waals surface area contributed by atoms with E-state index in [4.69, 9.17) is 11.6 Å². The second kappa shape index (κ2) is 8.64. The Morgan fingerprint density at radius 3 is 2.63 bits per heavy atom. The van der Waals surface area contributed by atoms with E-state index in [1.807, 2.05) is 13.8 Å². The first kappa shape index (κ1) is 25.2. The third-order valence-corrected chi connectivity index (χ3v) is 7.20. The zero-order valence-corrected chi connectivity index (χ0v) is 19.3. The molecule has 2 aliphatic heterocycles. The predicted octanol–water partition coefficient (Wildman–Crippen LogP) is 1.32. The third-order valence-electron chi connectivity index (χ3n) is 7.01. The molecule has 0 aromatic carbocycles. The van der Waals surface area contributed by atoms with Gasteiger partial charge in [-0.15, -0.1) is 0 Å². The Balaban J connectivity index is 1.56. The first-order valence-corrected chi connectivity index (χ1v) is 11.2. The van der Waals surface area contributed by atoms with E-state index in [0.29, 0.717) is 24.0 Å². The van der Waals surface area contributed by atoms with Crippen LogP contribution in [0, 0.1) is 23.2 Å². The number of hydrazine groups is 1. The van der Waals surface area contributed by atoms with Crippen LogP contribution in [-0.4, -0.2) is 70.0 Å². The quantitative estimate of drug-likeness (QED) is 0.341. The largest absolute Gasteiger partial charge is 0.436 e. The molecule has 1 aromatic rings. The van der Waals surface area contributed by atoms with Gasteiger partial charge in [0.2, 0.25) is 11.7 Å². The molecule has 0 radical (unpaired) electrons. The molecular formula is C20H22ClF4N5O5. The van der Waals surface area contributed by atoms with Gasteiger partial charge in [-0.25, -0.2) is 9.40 Å². The zero-order chi connectivity index (χ0) is 25.9. The molecule has 15 heteroatoms. The molecule has 5 atom stereocenters. The fraction of sp³-hybridized carbons (Fsp3) is 0.650. The number of fused-ring (bicyclic) bond motifs is 1. The molecular weight excluding hydrogens is 502 g/mol. The van der Waals surface area contributed by atoms with Crippen LogP contribution in [0.25, 0.3) is 0 Å². The number of carbonyl (C=O) groups excluding carboxylic acids is 4. The lowest BCUT2D eigenvalue weighted by Crippen LogP contribution is -2.57. The van der Waals surface area contributed by atoms with Crippen molar-refractivity contribution in [2.75, 3.05) is 19.6 Å². The summed E-state index contributed by atoms with van der Waals surface area (Å²) in [4.78, 5) is 51.5. The van der Waals surface area contributed by atoms with Crippen LogP contribution >= 0.6 is 11.6 Å². The number of nitrogens with one attached hydrogen (secondary N) is 2. The van der Waals surface area contributed by atoms with Gasteiger partial charge < -0.3 is 14.7 Å². The number of alkyl halides is 5. The highest BCUT2D eigenvalue weighted by atomic mass is 35.5. The Hall–Kier alpha value is -2.90. The average molecular weight is 524 g/mol. The van der Waals surface area contributed by atoms with E-state index >= 15 is 0 Å². The van der Waals surface area contributed by atoms with Gasteiger partial charge in [-0.1, -0.05) is 30.6 Å². The summed E-state index contributed by atoms with van der Waals surface area (Å²) in [5.41, 5.74) is -1.99. The number of amides is 4. The van der Waals surface area contributed by atoms with E-state index in [2.05, 4.69) is 20.4 Å². The fourth-order valence-electron chi connectivity index (χ4n) is 4.99. The number of hydrogen-bond acceptors (Lipinski definition) is 6. The van der Waals surface area contributed by atoms with Crippen molar-refractivity contribution >= 4 is 35.2 Å². The molecule has 2 saturated heterocycles. The second-order valence-corrected chi connectivity index (χ2v) is 9.82. The van der Waals surface area contributed by atoms with Crippen molar-refractivity contribution < 1.29 is 41.3 Å². The molecule has 0 unspecified atom stereocenters. The van der Waals surface area contributed by atoms with Crippen LogP contribution in [0.4, 0.5) is 17.6 Å². The van der Waals surface area contributed by atoms with Gasteiger partial charge in [0.05, 0.1) is 12.5 Å². The van der Waals surface area contributed by atoms with Crippen LogP contribution < -0.4 is 10.7 Å². The highest BCUT2D eigenvalue weighted by Gasteiger charge is 2.69. The molecule has 2 N–H and O–H groups in total. The number of rotatable bonds is 5. The number of carbonyl (C=O) groups is 4. The summed E-state index contributed by atoms with van der Waals surface area (Å²) in [5, 5.41) is 6.04. The van der Waals surface area contributed by atoms with Gasteiger partial charge in [0, 0.05) is 19.2 Å². The van der Waals surface area contributed by atoms with Crippen LogP contribution in [0.15, 0.2) is 10.6 Å². The number of halogens is 5. The maximum Gasteiger partial charge on any atom is 0.436 e. The minimum absolute atomic E-state index is 0.0524. The fourth-order valence-corrected chi connectivity index (χ4v) is 5.11. The van der Waals surface area contributed by atoms with Crippen LogP contribution in [0.2, 0.25) is 0 Å². The lowest BCUT2D eigenvalue weighted by molar-refractivity contribution is -0.146. The summed E-state index contributed by atoms with van der Waals surface area (Å²) in [6, 6.07) is -0.745. The zero-order valence-electron chi connectivity index (χ0n) is 18.6. The smallest absolute Gasteiger partial charge is 0.356 e. The van der Waals surface area contributed by atoms with Crippen LogP contribution in [0.1, 0.15) is 36.5 Å². The Labute approximate surface area is 201 Å². The summed E-state index contributed by atoms with van der Waals surface area (Å²) in [6.45, 7) is 3.78. The van der Waals surface area contributed by atoms with Crippen molar-refractivity contribution in [3.63, 3.8) is 0 Å². The number of hydrogen-bond donors (Lipinski definition) is 2. The van der Waals surface area contributed by atoms with Gasteiger partial charge in [0.1, 0.15) is 6.04 Å². The summed E-state index contributed by atoms with van der Waals surface area (Å²) >= 11 is 5.28. The summed E-state index contributed by atoms with van der Waals surface area (Å²) in [7, 11) is 0. The Kier molecular flexibility index (Phi) is 6.22. The highest BCUT2D eigenvalue weighted by Crippen LogP contribution is 2.65. The molecule has 1 aromatic heterocycles. The number of piperidine rings is 1. The topological polar surface area (TPSA) is 125 Å². The molecule has 1 aliphatic carbocycles. The number of nitrogens with zero attached hydrogens (tertiary/aromatic N) is 3. The van der Waals surface area contributed by atoms with Gasteiger partial charge in [-0.3, -0.25) is 24.6 Å². The number of likely N-dealkylation sites (tertiary alicyclic amines) is 1. The van der Waals surface area contributed by atoms with Gasteiger partial charge in [-0.05, 0) is 23.7 Å². The molecule has 3 aliphatic rings. The summed E-state index contributed by atoms with van der Waals surface area (Å²) in [6.07, 6.45) is -4.48. The average Bonchev–Trinajstić information content (AvgIpc) is 3.32. The molecule has 10 nitrogen and oxygen atoms in total. The van der Waals surface area contributed by atoms with Gasteiger partial charge in [0.25, 0.3) is 23.4 Å². The Morgan fingerprint density at radius 1 is 1.40 bits per heavy atom. The third kappa shape index (κ3) is 4.55. The van der Waals surface area contributed by atoms with Crippen molar-refractivity contribution in [1.29, 1.82) is 0 Å². The maximum absolute atomic E-state index is 13.6. The van der Waals surface area contributed by atoms with E-state index in [-0.39, 0.29) is 36.2 Å². The van der Waals surface area contributed by atoms with Gasteiger partial charge in [0.15, 0.2) is 5.69 Å². The van der Waals surface area contributed by atoms with Crippen molar-refractivity contribution in [3.8, 4) is 0 Å². The van der Waals surface area contributed by atoms with Crippen LogP contribution in [0.3, 0.4) is 0 Å². The monoisotopic (exact) mass is 523 g/mol. The molecule has 192 valence electrons. The first-order valence-electron chi connectivity index (χ1n) is 10.8. The van der Waals surface area contributed by atoms with E-state index in [9.17, 15) is 36.7 Å². The molecule has 3 heterocycles. The lowest BCUT2D eigenvalue weighted by Gasteiger charge is -2.32. The van der Waals surface area contributed by atoms with E-state index in [1.54, 1.807) is 0 Å². The minimum atomic E-state index is -4.83. The standard InChI is InChI=1S/C20H22ClF4N5O5/c1-19(2)9-7-29(17(33)10-5-11(28-35-10)20(23,24)25)13(12(9)19)16(32)27-30(18(34)14(21)22)6-8-3-4-26-15(8)31/h5,8-9,12-14H,3-4,6-7H2,1-2H3,(H,26,31)(H,27,32)/t8-,9-,12-,13-,14-/m0/s1. The summed E-state index contributed by atoms with van der Waals surface area (Å²) < 4.78 is 56.8. The van der Waals surface area contributed by atoms with Crippen molar-refractivity contribution in [1.82, 2.24) is 25.8 Å². The van der Waals surface area contributed by atoms with E-state index in [0.717, 1.165) is 4.90 Å². The van der Waals surface area contributed by atoms with Crippen molar-refractivity contribution in [2.24, 2.45) is 23.2 Å². The van der Waals surface area contributed by atoms with Gasteiger partial charge >= 0.3 is 6.18 Å². The Morgan fingerprint density at radius 2 is 2.09 bits per heavy atom. The van der Waals surface area contributed by atoms with E-state index < -0.39 is 52.9 Å². The molecule has 4 amide bonds. The van der Waals surface area contributed by atoms with Crippen LogP contribution in [-0.2, 0) is 20.6 Å².